The quantitative estimate of drug-likeness (QED) is 0.431. The Bertz CT molecular complexity index is 1240. The van der Waals surface area contributed by atoms with Crippen LogP contribution in [-0.2, 0) is 18.3 Å². The second-order valence-corrected chi connectivity index (χ2v) is 7.32. The van der Waals surface area contributed by atoms with Crippen molar-refractivity contribution in [2.24, 2.45) is 7.05 Å². The lowest BCUT2D eigenvalue weighted by Gasteiger charge is -2.12. The van der Waals surface area contributed by atoms with E-state index < -0.39 is 0 Å². The van der Waals surface area contributed by atoms with Crippen LogP contribution in [0.15, 0.2) is 54.7 Å². The number of hydrogen-bond donors (Lipinski definition) is 1. The number of rotatable bonds is 8. The summed E-state index contributed by atoms with van der Waals surface area (Å²) in [6.45, 7) is 3.00. The number of carbonyl (C=O) groups excluding carboxylic acids is 1. The summed E-state index contributed by atoms with van der Waals surface area (Å²) in [6, 6.07) is 15.3. The molecule has 0 bridgehead atoms. The fraction of sp³-hybridized carbons (Fsp3) is 0.250. The Kier molecular flexibility index (Phi) is 6.42. The molecule has 0 spiro atoms. The lowest BCUT2D eigenvalue weighted by Crippen LogP contribution is -2.24. The molecule has 0 aliphatic rings. The van der Waals surface area contributed by atoms with E-state index in [1.165, 1.54) is 0 Å². The van der Waals surface area contributed by atoms with E-state index in [4.69, 9.17) is 14.5 Å². The number of fused-ring (bicyclic) bond motifs is 1. The molecule has 0 radical (unpaired) electrons. The van der Waals surface area contributed by atoms with Crippen molar-refractivity contribution in [2.45, 2.75) is 13.5 Å². The Morgan fingerprint density at radius 1 is 1.12 bits per heavy atom. The van der Waals surface area contributed by atoms with E-state index >= 15 is 0 Å². The Labute approximate surface area is 186 Å². The normalized spacial score (nSPS) is 11.0. The Balaban J connectivity index is 1.64. The lowest BCUT2D eigenvalue weighted by atomic mass is 10.0. The van der Waals surface area contributed by atoms with Gasteiger partial charge in [0.25, 0.3) is 5.91 Å². The Morgan fingerprint density at radius 2 is 1.94 bits per heavy atom. The molecule has 0 saturated carbocycles. The number of hydrogen-bond acceptors (Lipinski definition) is 6. The minimum absolute atomic E-state index is 0.211. The van der Waals surface area contributed by atoms with Crippen molar-refractivity contribution in [1.82, 2.24) is 25.1 Å². The Morgan fingerprint density at radius 3 is 2.72 bits per heavy atom. The van der Waals surface area contributed by atoms with E-state index in [2.05, 4.69) is 15.4 Å². The van der Waals surface area contributed by atoms with Gasteiger partial charge in [0.1, 0.15) is 6.61 Å². The van der Waals surface area contributed by atoms with E-state index in [9.17, 15) is 4.79 Å². The highest BCUT2D eigenvalue weighted by Crippen LogP contribution is 2.27. The average molecular weight is 431 g/mol. The maximum absolute atomic E-state index is 13.3. The molecule has 0 atom stereocenters. The van der Waals surface area contributed by atoms with Gasteiger partial charge in [-0.25, -0.2) is 9.97 Å². The summed E-state index contributed by atoms with van der Waals surface area (Å²) < 4.78 is 12.4. The third kappa shape index (κ3) is 4.45. The first-order chi connectivity index (χ1) is 15.6. The first kappa shape index (κ1) is 21.5. The van der Waals surface area contributed by atoms with Crippen LogP contribution in [0.1, 0.15) is 21.6 Å². The molecule has 1 amide bonds. The molecular weight excluding hydrogens is 406 g/mol. The maximum atomic E-state index is 13.3. The highest BCUT2D eigenvalue weighted by Gasteiger charge is 2.19. The molecule has 3 aromatic heterocycles. The molecule has 8 heteroatoms. The molecule has 0 aliphatic carbocycles. The molecule has 3 heterocycles. The fourth-order valence-electron chi connectivity index (χ4n) is 3.56. The predicted octanol–water partition coefficient (Wildman–Crippen LogP) is 3.29. The SMILES string of the molecule is COCCOc1ncccc1CNC(=O)c1cc(-c2ccccc2)nc2c1c(C)nn2C. The second kappa shape index (κ2) is 9.57. The van der Waals surface area contributed by atoms with Crippen LogP contribution in [0, 0.1) is 6.92 Å². The van der Waals surface area contributed by atoms with Gasteiger partial charge < -0.3 is 14.8 Å². The zero-order valence-electron chi connectivity index (χ0n) is 18.3. The first-order valence-electron chi connectivity index (χ1n) is 10.3. The topological polar surface area (TPSA) is 91.2 Å². The molecule has 0 unspecified atom stereocenters. The van der Waals surface area contributed by atoms with Crippen molar-refractivity contribution in [2.75, 3.05) is 20.3 Å². The van der Waals surface area contributed by atoms with Crippen LogP contribution in [-0.4, -0.2) is 46.0 Å². The van der Waals surface area contributed by atoms with Gasteiger partial charge in [0.2, 0.25) is 5.88 Å². The van der Waals surface area contributed by atoms with Gasteiger partial charge in [0, 0.05) is 38.0 Å². The van der Waals surface area contributed by atoms with E-state index in [1.54, 1.807) is 18.0 Å². The maximum Gasteiger partial charge on any atom is 0.252 e. The van der Waals surface area contributed by atoms with Gasteiger partial charge in [-0.1, -0.05) is 36.4 Å². The van der Waals surface area contributed by atoms with Crippen molar-refractivity contribution in [3.05, 3.63) is 71.5 Å². The van der Waals surface area contributed by atoms with Crippen LogP contribution in [0.3, 0.4) is 0 Å². The molecule has 0 fully saturated rings. The van der Waals surface area contributed by atoms with E-state index in [0.29, 0.717) is 30.3 Å². The number of aryl methyl sites for hydroxylation is 2. The number of amides is 1. The average Bonchev–Trinajstić information content (AvgIpc) is 3.11. The van der Waals surface area contributed by atoms with Crippen molar-refractivity contribution in [1.29, 1.82) is 0 Å². The number of pyridine rings is 2. The zero-order chi connectivity index (χ0) is 22.5. The molecule has 4 aromatic rings. The van der Waals surface area contributed by atoms with Gasteiger partial charge in [-0.3, -0.25) is 9.48 Å². The molecule has 0 aliphatic heterocycles. The van der Waals surface area contributed by atoms with Crippen molar-refractivity contribution in [3.8, 4) is 17.1 Å². The molecule has 164 valence electrons. The fourth-order valence-corrected chi connectivity index (χ4v) is 3.56. The third-order valence-corrected chi connectivity index (χ3v) is 5.10. The summed E-state index contributed by atoms with van der Waals surface area (Å²) in [5.74, 6) is 0.268. The van der Waals surface area contributed by atoms with E-state index in [0.717, 1.165) is 27.9 Å². The van der Waals surface area contributed by atoms with E-state index in [-0.39, 0.29) is 12.5 Å². The van der Waals surface area contributed by atoms with Gasteiger partial charge in [0.05, 0.1) is 28.9 Å². The number of nitrogens with zero attached hydrogens (tertiary/aromatic N) is 4. The largest absolute Gasteiger partial charge is 0.475 e. The summed E-state index contributed by atoms with van der Waals surface area (Å²) in [7, 11) is 3.45. The van der Waals surface area contributed by atoms with Crippen LogP contribution in [0.4, 0.5) is 0 Å². The summed E-state index contributed by atoms with van der Waals surface area (Å²) in [5, 5.41) is 8.22. The number of ether oxygens (including phenoxy) is 2. The van der Waals surface area contributed by atoms with Crippen LogP contribution in [0.25, 0.3) is 22.3 Å². The minimum Gasteiger partial charge on any atom is -0.475 e. The molecule has 4 rings (SSSR count). The van der Waals surface area contributed by atoms with Gasteiger partial charge in [0.15, 0.2) is 5.65 Å². The lowest BCUT2D eigenvalue weighted by molar-refractivity contribution is 0.0951. The monoisotopic (exact) mass is 431 g/mol. The van der Waals surface area contributed by atoms with Crippen LogP contribution < -0.4 is 10.1 Å². The van der Waals surface area contributed by atoms with Crippen molar-refractivity contribution >= 4 is 16.9 Å². The molecule has 8 nitrogen and oxygen atoms in total. The third-order valence-electron chi connectivity index (χ3n) is 5.10. The highest BCUT2D eigenvalue weighted by molar-refractivity contribution is 6.07. The highest BCUT2D eigenvalue weighted by atomic mass is 16.5. The molecule has 1 aromatic carbocycles. The molecular formula is C24H25N5O3. The van der Waals surface area contributed by atoms with Gasteiger partial charge >= 0.3 is 0 Å². The smallest absolute Gasteiger partial charge is 0.252 e. The zero-order valence-corrected chi connectivity index (χ0v) is 18.3. The van der Waals surface area contributed by atoms with Gasteiger partial charge in [-0.2, -0.15) is 5.10 Å². The number of nitrogens with one attached hydrogen (secondary N) is 1. The standard InChI is InChI=1S/C24H25N5O3/c1-16-21-19(14-20(17-8-5-4-6-9-17)27-22(21)29(2)28-16)23(30)26-15-18-10-7-11-25-24(18)32-13-12-31-3/h4-11,14H,12-13,15H2,1-3H3,(H,26,30). The van der Waals surface area contributed by atoms with Crippen LogP contribution in [0.2, 0.25) is 0 Å². The van der Waals surface area contributed by atoms with Gasteiger partial charge in [-0.15, -0.1) is 0 Å². The van der Waals surface area contributed by atoms with Gasteiger partial charge in [-0.05, 0) is 19.1 Å². The first-order valence-corrected chi connectivity index (χ1v) is 10.3. The van der Waals surface area contributed by atoms with E-state index in [1.807, 2.05) is 62.5 Å². The summed E-state index contributed by atoms with van der Waals surface area (Å²) in [6.07, 6.45) is 1.66. The molecule has 0 saturated heterocycles. The predicted molar refractivity (Wildman–Crippen MR) is 121 cm³/mol. The minimum atomic E-state index is -0.211. The molecule has 1 N–H and O–H groups in total. The van der Waals surface area contributed by atoms with Crippen molar-refractivity contribution < 1.29 is 14.3 Å². The number of carbonyl (C=O) groups is 1. The van der Waals surface area contributed by atoms with Crippen LogP contribution >= 0.6 is 0 Å². The van der Waals surface area contributed by atoms with Crippen molar-refractivity contribution in [3.63, 3.8) is 0 Å². The van der Waals surface area contributed by atoms with Crippen LogP contribution in [0.5, 0.6) is 5.88 Å². The second-order valence-electron chi connectivity index (χ2n) is 7.32. The summed E-state index contributed by atoms with van der Waals surface area (Å²) >= 11 is 0. The number of methoxy groups -OCH3 is 1. The summed E-state index contributed by atoms with van der Waals surface area (Å²) in [4.78, 5) is 22.3. The molecule has 32 heavy (non-hydrogen) atoms. The number of benzene rings is 1. The summed E-state index contributed by atoms with van der Waals surface area (Å²) in [5.41, 5.74) is 4.39. The number of aromatic nitrogens is 4. The Hall–Kier alpha value is -3.78.